The molecule has 0 aliphatic heterocycles. The van der Waals surface area contributed by atoms with Crippen LogP contribution in [-0.2, 0) is 10.8 Å². The molecule has 1 heteroatoms. The lowest BCUT2D eigenvalue weighted by molar-refractivity contribution is 0.550. The van der Waals surface area contributed by atoms with Gasteiger partial charge in [0.05, 0.1) is 5.41 Å². The number of hydrogen-bond donors (Lipinski definition) is 0. The SMILES string of the molecule is C1=C(/C=C/c2ccc(/C=C/c3ccc(/C=C/c4ccc5c(c4)C4(CCCC4)c4cc(N(c6ccccc6)c6ccccc6)ccc4-5)cc3)cc2)CCC(c2ccc(C(c3ccccc3)(c3ccccc3)c3ccccc3)cc2)=C1. The summed E-state index contributed by atoms with van der Waals surface area (Å²) in [5.41, 5.74) is 24.0. The molecule has 1 spiro atoms. The van der Waals surface area contributed by atoms with E-state index in [-0.39, 0.29) is 5.41 Å². The van der Waals surface area contributed by atoms with E-state index in [2.05, 4.69) is 314 Å². The van der Waals surface area contributed by atoms with E-state index in [1.807, 2.05) is 0 Å². The maximum atomic E-state index is 2.50. The van der Waals surface area contributed by atoms with Crippen LogP contribution in [0.25, 0.3) is 47.1 Å². The molecule has 0 radical (unpaired) electrons. The number of hydrogen-bond acceptors (Lipinski definition) is 1. The lowest BCUT2D eigenvalue weighted by Crippen LogP contribution is -2.30. The molecule has 0 N–H and O–H groups in total. The van der Waals surface area contributed by atoms with Crippen LogP contribution >= 0.6 is 0 Å². The maximum Gasteiger partial charge on any atom is 0.0701 e. The Morgan fingerprint density at radius 3 is 1.20 bits per heavy atom. The van der Waals surface area contributed by atoms with Crippen LogP contribution in [0.4, 0.5) is 17.1 Å². The normalized spacial score (nSPS) is 14.6. The highest BCUT2D eigenvalue weighted by molar-refractivity contribution is 5.87. The maximum absolute atomic E-state index is 2.50. The van der Waals surface area contributed by atoms with Gasteiger partial charge in [0.2, 0.25) is 0 Å². The van der Waals surface area contributed by atoms with Gasteiger partial charge in [-0.25, -0.2) is 0 Å². The minimum absolute atomic E-state index is 0.0486. The van der Waals surface area contributed by atoms with Crippen LogP contribution in [-0.4, -0.2) is 0 Å². The Balaban J connectivity index is 0.653. The van der Waals surface area contributed by atoms with Gasteiger partial charge in [0, 0.05) is 22.5 Å². The Bertz CT molecular complexity index is 3740. The third-order valence-electron chi connectivity index (χ3n) is 16.9. The average Bonchev–Trinajstić information content (AvgIpc) is 4.36. The predicted octanol–water partition coefficient (Wildman–Crippen LogP) is 20.5. The summed E-state index contributed by atoms with van der Waals surface area (Å²) < 4.78 is 0. The van der Waals surface area contributed by atoms with E-state index in [9.17, 15) is 0 Å². The Hall–Kier alpha value is -9.30. The van der Waals surface area contributed by atoms with Crippen molar-refractivity contribution in [2.45, 2.75) is 49.4 Å². The van der Waals surface area contributed by atoms with Gasteiger partial charge in [-0.05, 0) is 151 Å². The molecular weight excluding hydrogens is 951 g/mol. The molecule has 0 atom stereocenters. The van der Waals surface area contributed by atoms with Crippen molar-refractivity contribution in [1.29, 1.82) is 0 Å². The molecule has 0 amide bonds. The quantitative estimate of drug-likeness (QED) is 0.0775. The summed E-state index contributed by atoms with van der Waals surface area (Å²) in [7, 11) is 0. The van der Waals surface area contributed by atoms with Crippen molar-refractivity contribution in [2.75, 3.05) is 4.90 Å². The summed E-state index contributed by atoms with van der Waals surface area (Å²) in [5.74, 6) is 0. The highest BCUT2D eigenvalue weighted by atomic mass is 15.1. The summed E-state index contributed by atoms with van der Waals surface area (Å²) in [6.45, 7) is 0. The van der Waals surface area contributed by atoms with Crippen LogP contribution < -0.4 is 4.90 Å². The number of benzene rings is 10. The molecule has 1 fully saturated rings. The average molecular weight is 1010 g/mol. The number of nitrogens with zero attached hydrogens (tertiary/aromatic N) is 1. The minimum Gasteiger partial charge on any atom is -0.310 e. The molecule has 1 nitrogen and oxygen atoms in total. The molecule has 3 aliphatic carbocycles. The van der Waals surface area contributed by atoms with Gasteiger partial charge in [0.15, 0.2) is 0 Å². The second-order valence-corrected chi connectivity index (χ2v) is 21.5. The van der Waals surface area contributed by atoms with Crippen LogP contribution in [0.15, 0.2) is 285 Å². The van der Waals surface area contributed by atoms with Crippen molar-refractivity contribution in [1.82, 2.24) is 0 Å². The van der Waals surface area contributed by atoms with Crippen molar-refractivity contribution < 1.29 is 0 Å². The molecule has 79 heavy (non-hydrogen) atoms. The van der Waals surface area contributed by atoms with Crippen molar-refractivity contribution in [3.63, 3.8) is 0 Å². The first kappa shape index (κ1) is 49.3. The highest BCUT2D eigenvalue weighted by Crippen LogP contribution is 2.58. The standard InChI is InChI=1S/C78H63N/c1-6-18-66(19-7-1)78(67-20-8-2-9-21-67,68-22-10-3-11-23-68)69-49-47-65(48-50-69)64-45-42-62(43-46-64)39-38-60-32-30-58(31-33-60)28-29-59-34-36-61(37-35-59)40-41-63-44-52-73-74-53-51-72(57-76(74)77(75(73)56-63)54-16-17-55-77)79(70-24-12-4-13-25-70)71-26-14-5-15-27-71/h1-15,18-42,44-45,47-53,56-57H,16-17,43,46,54-55H2/b29-28+,39-38+,41-40+. The highest BCUT2D eigenvalue weighted by Gasteiger charge is 2.45. The van der Waals surface area contributed by atoms with E-state index < -0.39 is 5.41 Å². The summed E-state index contributed by atoms with van der Waals surface area (Å²) >= 11 is 0. The van der Waals surface area contributed by atoms with E-state index in [0.29, 0.717) is 0 Å². The third kappa shape index (κ3) is 9.79. The molecule has 0 saturated heterocycles. The van der Waals surface area contributed by atoms with E-state index in [4.69, 9.17) is 0 Å². The second-order valence-electron chi connectivity index (χ2n) is 21.5. The topological polar surface area (TPSA) is 3.24 Å². The van der Waals surface area contributed by atoms with Gasteiger partial charge < -0.3 is 4.90 Å². The zero-order chi connectivity index (χ0) is 52.9. The summed E-state index contributed by atoms with van der Waals surface area (Å²) in [6, 6.07) is 95.8. The number of fused-ring (bicyclic) bond motifs is 5. The zero-order valence-electron chi connectivity index (χ0n) is 44.6. The third-order valence-corrected chi connectivity index (χ3v) is 16.9. The van der Waals surface area contributed by atoms with Crippen molar-refractivity contribution in [3.05, 3.63) is 351 Å². The van der Waals surface area contributed by atoms with Gasteiger partial charge >= 0.3 is 0 Å². The van der Waals surface area contributed by atoms with Gasteiger partial charge in [0.25, 0.3) is 0 Å². The van der Waals surface area contributed by atoms with Crippen LogP contribution in [0, 0.1) is 0 Å². The molecule has 13 rings (SSSR count). The fourth-order valence-corrected chi connectivity index (χ4v) is 12.9. The van der Waals surface area contributed by atoms with Crippen molar-refractivity contribution in [2.24, 2.45) is 0 Å². The molecule has 380 valence electrons. The molecule has 0 heterocycles. The molecule has 10 aromatic carbocycles. The van der Waals surface area contributed by atoms with Crippen LogP contribution in [0.2, 0.25) is 0 Å². The minimum atomic E-state index is -0.440. The van der Waals surface area contributed by atoms with Gasteiger partial charge in [-0.15, -0.1) is 0 Å². The largest absolute Gasteiger partial charge is 0.310 e. The Morgan fingerprint density at radius 2 is 0.734 bits per heavy atom. The van der Waals surface area contributed by atoms with E-state index >= 15 is 0 Å². The Morgan fingerprint density at radius 1 is 0.329 bits per heavy atom. The molecular formula is C78H63N. The summed E-state index contributed by atoms with van der Waals surface area (Å²) in [6.07, 6.45) is 25.0. The van der Waals surface area contributed by atoms with Gasteiger partial charge in [-0.2, -0.15) is 0 Å². The van der Waals surface area contributed by atoms with Gasteiger partial charge in [-0.3, -0.25) is 0 Å². The fourth-order valence-electron chi connectivity index (χ4n) is 12.9. The monoisotopic (exact) mass is 1010 g/mol. The molecule has 3 aliphatic rings. The predicted molar refractivity (Wildman–Crippen MR) is 336 cm³/mol. The summed E-state index contributed by atoms with van der Waals surface area (Å²) in [4.78, 5) is 2.40. The Kier molecular flexibility index (Phi) is 13.7. The zero-order valence-corrected chi connectivity index (χ0v) is 44.6. The molecule has 1 saturated carbocycles. The van der Waals surface area contributed by atoms with E-state index in [1.165, 1.54) is 132 Å². The molecule has 0 unspecified atom stereocenters. The molecule has 0 bridgehead atoms. The van der Waals surface area contributed by atoms with Gasteiger partial charge in [-0.1, -0.05) is 286 Å². The van der Waals surface area contributed by atoms with Crippen molar-refractivity contribution >= 4 is 53.0 Å². The smallest absolute Gasteiger partial charge is 0.0701 e. The van der Waals surface area contributed by atoms with Crippen LogP contribution in [0.1, 0.15) is 105 Å². The number of allylic oxidation sites excluding steroid dienone is 5. The van der Waals surface area contributed by atoms with Crippen LogP contribution in [0.5, 0.6) is 0 Å². The first-order valence-electron chi connectivity index (χ1n) is 28.2. The second kappa shape index (κ2) is 22.0. The fraction of sp³-hybridized carbons (Fsp3) is 0.103. The van der Waals surface area contributed by atoms with Crippen molar-refractivity contribution in [3.8, 4) is 11.1 Å². The van der Waals surface area contributed by atoms with Crippen LogP contribution in [0.3, 0.4) is 0 Å². The van der Waals surface area contributed by atoms with E-state index in [0.717, 1.165) is 12.8 Å². The lowest BCUT2D eigenvalue weighted by Gasteiger charge is -2.37. The lowest BCUT2D eigenvalue weighted by atomic mass is 9.65. The first-order valence-corrected chi connectivity index (χ1v) is 28.2. The molecule has 10 aromatic rings. The number of para-hydroxylation sites is 2. The van der Waals surface area contributed by atoms with E-state index in [1.54, 1.807) is 0 Å². The molecule has 0 aromatic heterocycles. The number of anilines is 3. The number of rotatable bonds is 14. The Labute approximate surface area is 467 Å². The first-order chi connectivity index (χ1) is 39.1. The van der Waals surface area contributed by atoms with Gasteiger partial charge in [0.1, 0.15) is 0 Å². The summed E-state index contributed by atoms with van der Waals surface area (Å²) in [5, 5.41) is 0.